The average molecular weight is 463 g/mol. The standard InChI is InChI=1S/C25H38N2O6/c1-22-6-3-19-20(25(22,32)9-5-18(22)16-12-21(30)33-14-16)4-8-24(31)13-17(29)2-7-23(19,24)15-27-26-10-11-28/h12,15,17-20,26,28-29,31-32H,2-11,13-14H2,1H3/b27-15-/t17-,18-,19-,20+,22-,23+,24+,25+/m1/s1. The zero-order valence-corrected chi connectivity index (χ0v) is 19.5. The van der Waals surface area contributed by atoms with Crippen LogP contribution in [0.1, 0.15) is 64.7 Å². The molecule has 0 bridgehead atoms. The Morgan fingerprint density at radius 2 is 1.94 bits per heavy atom. The van der Waals surface area contributed by atoms with Crippen LogP contribution in [0.3, 0.4) is 0 Å². The minimum Gasteiger partial charge on any atom is -0.458 e. The van der Waals surface area contributed by atoms with E-state index in [1.807, 2.05) is 6.21 Å². The number of carbonyl (C=O) groups is 1. The molecule has 0 radical (unpaired) electrons. The van der Waals surface area contributed by atoms with Gasteiger partial charge in [-0.3, -0.25) is 0 Å². The maximum atomic E-state index is 12.3. The lowest BCUT2D eigenvalue weighted by Crippen LogP contribution is -2.68. The quantitative estimate of drug-likeness (QED) is 0.180. The van der Waals surface area contributed by atoms with Gasteiger partial charge in [-0.05, 0) is 74.7 Å². The number of aliphatic hydroxyl groups is 4. The maximum absolute atomic E-state index is 12.3. The predicted octanol–water partition coefficient (Wildman–Crippen LogP) is 1.27. The Morgan fingerprint density at radius 3 is 2.67 bits per heavy atom. The lowest BCUT2D eigenvalue weighted by Gasteiger charge is -2.65. The van der Waals surface area contributed by atoms with Crippen molar-refractivity contribution in [3.8, 4) is 0 Å². The Balaban J connectivity index is 1.50. The Labute approximate surface area is 195 Å². The molecular formula is C25H38N2O6. The highest BCUT2D eigenvalue weighted by Crippen LogP contribution is 2.70. The van der Waals surface area contributed by atoms with Crippen LogP contribution < -0.4 is 5.43 Å². The van der Waals surface area contributed by atoms with Crippen LogP contribution in [0.5, 0.6) is 0 Å². The fraction of sp³-hybridized carbons (Fsp3) is 0.840. The van der Waals surface area contributed by atoms with Crippen molar-refractivity contribution in [2.24, 2.45) is 33.7 Å². The second kappa shape index (κ2) is 8.04. The van der Waals surface area contributed by atoms with E-state index in [1.54, 1.807) is 6.08 Å². The monoisotopic (exact) mass is 462 g/mol. The fourth-order valence-corrected chi connectivity index (χ4v) is 8.64. The van der Waals surface area contributed by atoms with Crippen LogP contribution in [0.25, 0.3) is 0 Å². The number of hydrazone groups is 1. The molecule has 5 rings (SSSR count). The first-order chi connectivity index (χ1) is 15.7. The molecule has 8 heteroatoms. The molecule has 0 saturated heterocycles. The van der Waals surface area contributed by atoms with Crippen LogP contribution in [0, 0.1) is 28.6 Å². The molecule has 1 aliphatic heterocycles. The second-order valence-corrected chi connectivity index (χ2v) is 11.4. The Morgan fingerprint density at radius 1 is 1.15 bits per heavy atom. The van der Waals surface area contributed by atoms with E-state index in [-0.39, 0.29) is 35.7 Å². The van der Waals surface area contributed by atoms with E-state index in [9.17, 15) is 20.1 Å². The topological polar surface area (TPSA) is 132 Å². The first-order valence-corrected chi connectivity index (χ1v) is 12.6. The molecule has 5 N–H and O–H groups in total. The molecule has 4 saturated carbocycles. The van der Waals surface area contributed by atoms with Gasteiger partial charge in [-0.15, -0.1) is 0 Å². The van der Waals surface area contributed by atoms with Gasteiger partial charge in [0.1, 0.15) is 6.61 Å². The molecule has 0 spiro atoms. The van der Waals surface area contributed by atoms with Gasteiger partial charge in [-0.1, -0.05) is 6.92 Å². The molecule has 184 valence electrons. The number of hydrogen-bond acceptors (Lipinski definition) is 8. The summed E-state index contributed by atoms with van der Waals surface area (Å²) >= 11 is 0. The van der Waals surface area contributed by atoms with Gasteiger partial charge >= 0.3 is 5.97 Å². The van der Waals surface area contributed by atoms with Crippen molar-refractivity contribution in [3.05, 3.63) is 11.6 Å². The normalized spacial score (nSPS) is 49.2. The summed E-state index contributed by atoms with van der Waals surface area (Å²) in [6.45, 7) is 2.82. The van der Waals surface area contributed by atoms with Gasteiger partial charge in [0.15, 0.2) is 0 Å². The van der Waals surface area contributed by atoms with Crippen molar-refractivity contribution in [1.82, 2.24) is 5.43 Å². The van der Waals surface area contributed by atoms with E-state index in [0.29, 0.717) is 51.7 Å². The largest absolute Gasteiger partial charge is 0.458 e. The number of aliphatic hydroxyl groups excluding tert-OH is 2. The summed E-state index contributed by atoms with van der Waals surface area (Å²) in [6, 6.07) is 0. The molecule has 8 atom stereocenters. The molecule has 0 aromatic carbocycles. The second-order valence-electron chi connectivity index (χ2n) is 11.4. The number of rotatable bonds is 5. The summed E-state index contributed by atoms with van der Waals surface area (Å²) in [6.07, 6.45) is 8.88. The summed E-state index contributed by atoms with van der Waals surface area (Å²) in [5.41, 5.74) is 0.968. The number of fused-ring (bicyclic) bond motifs is 5. The number of hydrogen-bond donors (Lipinski definition) is 5. The minimum atomic E-state index is -1.06. The van der Waals surface area contributed by atoms with Gasteiger partial charge in [0.25, 0.3) is 0 Å². The van der Waals surface area contributed by atoms with Crippen molar-refractivity contribution >= 4 is 12.2 Å². The highest BCUT2D eigenvalue weighted by molar-refractivity contribution is 5.85. The number of ether oxygens (including phenoxy) is 1. The first-order valence-electron chi connectivity index (χ1n) is 12.6. The third kappa shape index (κ3) is 3.24. The van der Waals surface area contributed by atoms with Gasteiger partial charge in [0, 0.05) is 29.5 Å². The molecular weight excluding hydrogens is 424 g/mol. The van der Waals surface area contributed by atoms with E-state index in [2.05, 4.69) is 17.5 Å². The van der Waals surface area contributed by atoms with Crippen molar-refractivity contribution in [3.63, 3.8) is 0 Å². The van der Waals surface area contributed by atoms with Crippen LogP contribution in [0.4, 0.5) is 0 Å². The van der Waals surface area contributed by atoms with Crippen LogP contribution in [-0.2, 0) is 9.53 Å². The highest BCUT2D eigenvalue weighted by Gasteiger charge is 2.71. The number of cyclic esters (lactones) is 1. The van der Waals surface area contributed by atoms with E-state index < -0.39 is 22.7 Å². The Kier molecular flexibility index (Phi) is 5.67. The molecule has 0 aromatic heterocycles. The average Bonchev–Trinajstić information content (AvgIpc) is 3.31. The molecule has 4 fully saturated rings. The van der Waals surface area contributed by atoms with Gasteiger partial charge in [0.05, 0.1) is 30.5 Å². The van der Waals surface area contributed by atoms with E-state index in [0.717, 1.165) is 24.8 Å². The van der Waals surface area contributed by atoms with E-state index >= 15 is 0 Å². The summed E-state index contributed by atoms with van der Waals surface area (Å²) in [4.78, 5) is 11.7. The van der Waals surface area contributed by atoms with Crippen LogP contribution in [0.15, 0.2) is 16.8 Å². The highest BCUT2D eigenvalue weighted by atomic mass is 16.5. The van der Waals surface area contributed by atoms with Gasteiger partial charge in [-0.2, -0.15) is 5.10 Å². The molecule has 0 aromatic rings. The SMILES string of the molecule is C[C@]12CC[C@@H]3[C@H](CC[C@]4(O)C[C@H](O)CC[C@]34/C=N\NCCO)[C@@]1(O)CC[C@@H]2C1=CC(=O)OC1. The van der Waals surface area contributed by atoms with Gasteiger partial charge in [0.2, 0.25) is 0 Å². The van der Waals surface area contributed by atoms with Crippen LogP contribution in [-0.4, -0.2) is 69.7 Å². The number of esters is 1. The molecule has 1 heterocycles. The third-order valence-electron chi connectivity index (χ3n) is 10.2. The van der Waals surface area contributed by atoms with Crippen LogP contribution >= 0.6 is 0 Å². The Bertz CT molecular complexity index is 862. The molecule has 4 aliphatic carbocycles. The zero-order chi connectivity index (χ0) is 23.5. The third-order valence-corrected chi connectivity index (χ3v) is 10.2. The number of nitrogens with zero attached hydrogens (tertiary/aromatic N) is 1. The fourth-order valence-electron chi connectivity index (χ4n) is 8.64. The van der Waals surface area contributed by atoms with Gasteiger partial charge < -0.3 is 30.6 Å². The lowest BCUT2D eigenvalue weighted by molar-refractivity contribution is -0.237. The molecule has 33 heavy (non-hydrogen) atoms. The van der Waals surface area contributed by atoms with Crippen molar-refractivity contribution in [1.29, 1.82) is 0 Å². The molecule has 8 nitrogen and oxygen atoms in total. The Hall–Kier alpha value is -1.48. The van der Waals surface area contributed by atoms with Crippen molar-refractivity contribution in [2.45, 2.75) is 82.0 Å². The van der Waals surface area contributed by atoms with E-state index in [4.69, 9.17) is 9.84 Å². The van der Waals surface area contributed by atoms with Crippen molar-refractivity contribution in [2.75, 3.05) is 19.8 Å². The number of nitrogens with one attached hydrogen (secondary N) is 1. The van der Waals surface area contributed by atoms with Crippen LogP contribution in [0.2, 0.25) is 0 Å². The molecule has 5 aliphatic rings. The van der Waals surface area contributed by atoms with Gasteiger partial charge in [-0.25, -0.2) is 4.79 Å². The minimum absolute atomic E-state index is 0.0136. The number of carbonyl (C=O) groups excluding carboxylic acids is 1. The summed E-state index contributed by atoms with van der Waals surface area (Å²) in [5.74, 6) is -0.0955. The predicted molar refractivity (Wildman–Crippen MR) is 121 cm³/mol. The smallest absolute Gasteiger partial charge is 0.331 e. The lowest BCUT2D eigenvalue weighted by atomic mass is 9.41. The van der Waals surface area contributed by atoms with Crippen molar-refractivity contribution < 1.29 is 30.0 Å². The summed E-state index contributed by atoms with van der Waals surface area (Å²) < 4.78 is 5.20. The summed E-state index contributed by atoms with van der Waals surface area (Å²) in [5, 5.41) is 48.1. The molecule has 0 unspecified atom stereocenters. The zero-order valence-electron chi connectivity index (χ0n) is 19.5. The maximum Gasteiger partial charge on any atom is 0.331 e. The van der Waals surface area contributed by atoms with E-state index in [1.165, 1.54) is 0 Å². The first kappa shape index (κ1) is 23.3. The molecule has 0 amide bonds. The summed E-state index contributed by atoms with van der Waals surface area (Å²) in [7, 11) is 0.